The second kappa shape index (κ2) is 7.50. The third kappa shape index (κ3) is 4.91. The molecule has 0 bridgehead atoms. The van der Waals surface area contributed by atoms with E-state index in [0.29, 0.717) is 18.0 Å². The molecule has 0 aliphatic heterocycles. The van der Waals surface area contributed by atoms with Gasteiger partial charge in [-0.15, -0.1) is 0 Å². The zero-order valence-corrected chi connectivity index (χ0v) is 11.6. The van der Waals surface area contributed by atoms with E-state index in [2.05, 4.69) is 57.0 Å². The Morgan fingerprint density at radius 2 is 2.29 bits per heavy atom. The Morgan fingerprint density at radius 1 is 1.53 bits per heavy atom. The van der Waals surface area contributed by atoms with Crippen molar-refractivity contribution in [3.8, 4) is 0 Å². The van der Waals surface area contributed by atoms with Crippen molar-refractivity contribution in [3.63, 3.8) is 0 Å². The fraction of sp³-hybridized carbons (Fsp3) is 0.625. The number of hydrogen-bond donors (Lipinski definition) is 1. The number of hydrogen-bond acceptors (Lipinski definition) is 1. The lowest BCUT2D eigenvalue weighted by Gasteiger charge is -2.27. The van der Waals surface area contributed by atoms with Crippen LogP contribution in [0, 0.1) is 5.92 Å². The van der Waals surface area contributed by atoms with Crippen LogP contribution in [-0.4, -0.2) is 12.1 Å². The Balaban J connectivity index is 2.46. The molecule has 2 unspecified atom stereocenters. The van der Waals surface area contributed by atoms with Gasteiger partial charge in [-0.3, -0.25) is 0 Å². The van der Waals surface area contributed by atoms with E-state index in [4.69, 9.17) is 0 Å². The van der Waals surface area contributed by atoms with Crippen molar-refractivity contribution in [2.24, 2.45) is 5.92 Å². The minimum Gasteiger partial charge on any atom is -0.304 e. The van der Waals surface area contributed by atoms with E-state index in [0.717, 1.165) is 12.8 Å². The molecule has 2 atom stereocenters. The predicted molar refractivity (Wildman–Crippen MR) is 77.1 cm³/mol. The van der Waals surface area contributed by atoms with E-state index >= 15 is 0 Å². The van der Waals surface area contributed by atoms with E-state index in [1.807, 2.05) is 0 Å². The minimum absolute atomic E-state index is 0.452. The molecule has 0 aromatic rings. The van der Waals surface area contributed by atoms with Crippen LogP contribution in [0.1, 0.15) is 46.5 Å². The van der Waals surface area contributed by atoms with Gasteiger partial charge in [0.1, 0.15) is 0 Å². The molecule has 0 radical (unpaired) electrons. The second-order valence-electron chi connectivity index (χ2n) is 5.27. The van der Waals surface area contributed by atoms with Gasteiger partial charge in [-0.05, 0) is 38.5 Å². The summed E-state index contributed by atoms with van der Waals surface area (Å²) in [4.78, 5) is 0. The first-order chi connectivity index (χ1) is 8.15. The zero-order valence-electron chi connectivity index (χ0n) is 11.6. The Hall–Kier alpha value is -0.820. The fourth-order valence-corrected chi connectivity index (χ4v) is 2.37. The average Bonchev–Trinajstić information content (AvgIpc) is 2.78. The number of rotatable bonds is 7. The van der Waals surface area contributed by atoms with Crippen LogP contribution in [-0.2, 0) is 0 Å². The summed E-state index contributed by atoms with van der Waals surface area (Å²) in [6, 6.07) is 1.01. The van der Waals surface area contributed by atoms with Gasteiger partial charge in [0, 0.05) is 12.1 Å². The normalized spacial score (nSPS) is 21.5. The van der Waals surface area contributed by atoms with E-state index < -0.39 is 0 Å². The predicted octanol–water partition coefficient (Wildman–Crippen LogP) is 4.23. The molecule has 0 saturated carbocycles. The molecule has 0 fully saturated rings. The maximum absolute atomic E-state index is 4.27. The van der Waals surface area contributed by atoms with Crippen molar-refractivity contribution in [2.75, 3.05) is 0 Å². The lowest BCUT2D eigenvalue weighted by molar-refractivity contribution is 0.407. The molecular formula is C16H27N. The Bertz CT molecular complexity index is 286. The minimum atomic E-state index is 0.452. The molecule has 0 heterocycles. The summed E-state index contributed by atoms with van der Waals surface area (Å²) in [5, 5.41) is 3.73. The molecule has 96 valence electrons. The van der Waals surface area contributed by atoms with Gasteiger partial charge in [0.25, 0.3) is 0 Å². The van der Waals surface area contributed by atoms with Crippen LogP contribution in [0.15, 0.2) is 36.5 Å². The first-order valence-electron chi connectivity index (χ1n) is 6.86. The quantitative estimate of drug-likeness (QED) is 0.649. The summed E-state index contributed by atoms with van der Waals surface area (Å²) >= 11 is 0. The van der Waals surface area contributed by atoms with Crippen molar-refractivity contribution in [2.45, 2.75) is 58.5 Å². The van der Waals surface area contributed by atoms with Gasteiger partial charge in [-0.25, -0.2) is 0 Å². The maximum Gasteiger partial charge on any atom is 0.0305 e. The second-order valence-corrected chi connectivity index (χ2v) is 5.27. The summed E-state index contributed by atoms with van der Waals surface area (Å²) < 4.78 is 0. The largest absolute Gasteiger partial charge is 0.304 e. The van der Waals surface area contributed by atoms with Crippen LogP contribution in [0.3, 0.4) is 0 Å². The van der Waals surface area contributed by atoms with Crippen LogP contribution in [0.4, 0.5) is 0 Å². The molecule has 1 rings (SSSR count). The van der Waals surface area contributed by atoms with Crippen LogP contribution >= 0.6 is 0 Å². The standard InChI is InChI=1S/C16H27N/c1-5-6-7-10-14(4)16(13(2)3)17-15-11-8-9-12-15/h5-6,8,11,13,15-17H,4,7,9-10,12H2,1-3H3/b6-5-. The molecule has 1 heteroatoms. The third-order valence-electron chi connectivity index (χ3n) is 3.38. The highest BCUT2D eigenvalue weighted by Gasteiger charge is 2.20. The van der Waals surface area contributed by atoms with Gasteiger partial charge in [0.2, 0.25) is 0 Å². The fourth-order valence-electron chi connectivity index (χ4n) is 2.37. The highest BCUT2D eigenvalue weighted by atomic mass is 15.0. The highest BCUT2D eigenvalue weighted by Crippen LogP contribution is 2.19. The van der Waals surface area contributed by atoms with Crippen LogP contribution < -0.4 is 5.32 Å². The van der Waals surface area contributed by atoms with Gasteiger partial charge >= 0.3 is 0 Å². The van der Waals surface area contributed by atoms with Gasteiger partial charge in [-0.1, -0.05) is 50.3 Å². The van der Waals surface area contributed by atoms with Gasteiger partial charge in [-0.2, -0.15) is 0 Å². The van der Waals surface area contributed by atoms with Gasteiger partial charge in [0.05, 0.1) is 0 Å². The van der Waals surface area contributed by atoms with E-state index in [-0.39, 0.29) is 0 Å². The maximum atomic E-state index is 4.27. The molecule has 17 heavy (non-hydrogen) atoms. The van der Waals surface area contributed by atoms with Crippen molar-refractivity contribution in [3.05, 3.63) is 36.5 Å². The summed E-state index contributed by atoms with van der Waals surface area (Å²) in [7, 11) is 0. The van der Waals surface area contributed by atoms with Crippen molar-refractivity contribution in [1.29, 1.82) is 0 Å². The molecule has 1 aliphatic rings. The van der Waals surface area contributed by atoms with Crippen LogP contribution in [0.25, 0.3) is 0 Å². The van der Waals surface area contributed by atoms with E-state index in [1.165, 1.54) is 18.4 Å². The Morgan fingerprint density at radius 3 is 2.82 bits per heavy atom. The van der Waals surface area contributed by atoms with E-state index in [9.17, 15) is 0 Å². The molecule has 1 nitrogen and oxygen atoms in total. The smallest absolute Gasteiger partial charge is 0.0305 e. The first kappa shape index (κ1) is 14.2. The van der Waals surface area contributed by atoms with Gasteiger partial charge in [0.15, 0.2) is 0 Å². The van der Waals surface area contributed by atoms with Crippen molar-refractivity contribution < 1.29 is 0 Å². The molecule has 0 aromatic carbocycles. The summed E-state index contributed by atoms with van der Waals surface area (Å²) in [6.45, 7) is 10.9. The molecule has 0 spiro atoms. The Kier molecular flexibility index (Phi) is 6.28. The summed E-state index contributed by atoms with van der Waals surface area (Å²) in [6.07, 6.45) is 13.6. The molecule has 1 N–H and O–H groups in total. The average molecular weight is 233 g/mol. The van der Waals surface area contributed by atoms with Crippen molar-refractivity contribution >= 4 is 0 Å². The van der Waals surface area contributed by atoms with Crippen molar-refractivity contribution in [1.82, 2.24) is 5.32 Å². The first-order valence-corrected chi connectivity index (χ1v) is 6.86. The molecule has 0 saturated heterocycles. The lowest BCUT2D eigenvalue weighted by atomic mass is 9.93. The topological polar surface area (TPSA) is 12.0 Å². The SMILES string of the molecule is C=C(CC/C=C\C)C(NC1C=CCC1)C(C)C. The molecular weight excluding hydrogens is 206 g/mol. The zero-order chi connectivity index (χ0) is 12.7. The van der Waals surface area contributed by atoms with Crippen LogP contribution in [0.5, 0.6) is 0 Å². The summed E-state index contributed by atoms with van der Waals surface area (Å²) in [5.41, 5.74) is 1.35. The van der Waals surface area contributed by atoms with E-state index in [1.54, 1.807) is 0 Å². The molecule has 1 aliphatic carbocycles. The highest BCUT2D eigenvalue weighted by molar-refractivity contribution is 5.11. The molecule has 0 aromatic heterocycles. The monoisotopic (exact) mass is 233 g/mol. The Labute approximate surface area is 107 Å². The third-order valence-corrected chi connectivity index (χ3v) is 3.38. The number of allylic oxidation sites excluding steroid dienone is 3. The lowest BCUT2D eigenvalue weighted by Crippen LogP contribution is -2.40. The summed E-state index contributed by atoms with van der Waals surface area (Å²) in [5.74, 6) is 0.613. The van der Waals surface area contributed by atoms with Crippen LogP contribution in [0.2, 0.25) is 0 Å². The number of nitrogens with one attached hydrogen (secondary N) is 1. The van der Waals surface area contributed by atoms with Gasteiger partial charge < -0.3 is 5.32 Å². The molecule has 0 amide bonds.